The van der Waals surface area contributed by atoms with E-state index >= 15 is 0 Å². The molecule has 0 saturated carbocycles. The molecule has 114 valence electrons. The zero-order valence-electron chi connectivity index (χ0n) is 13.0. The van der Waals surface area contributed by atoms with Crippen LogP contribution in [0.5, 0.6) is 5.75 Å². The van der Waals surface area contributed by atoms with E-state index in [9.17, 15) is 0 Å². The number of rotatable bonds is 6. The van der Waals surface area contributed by atoms with Gasteiger partial charge in [-0.2, -0.15) is 5.10 Å². The molecule has 0 spiro atoms. The van der Waals surface area contributed by atoms with Gasteiger partial charge in [0, 0.05) is 18.2 Å². The number of methoxy groups -OCH3 is 1. The van der Waals surface area contributed by atoms with Crippen LogP contribution in [0.1, 0.15) is 32.0 Å². The Labute approximate surface area is 129 Å². The van der Waals surface area contributed by atoms with Crippen molar-refractivity contribution in [1.29, 1.82) is 0 Å². The molecular weight excluding hydrogens is 276 g/mol. The van der Waals surface area contributed by atoms with Gasteiger partial charge < -0.3 is 4.74 Å². The Morgan fingerprint density at radius 1 is 1.18 bits per heavy atom. The summed E-state index contributed by atoms with van der Waals surface area (Å²) in [6, 6.07) is 7.86. The number of ether oxygens (including phenoxy) is 1. The second-order valence-electron chi connectivity index (χ2n) is 5.28. The molecule has 0 unspecified atom stereocenters. The number of hydrogen-bond donors (Lipinski definition) is 1. The molecule has 1 aromatic carbocycles. The Balaban J connectivity index is 1.95. The van der Waals surface area contributed by atoms with E-state index in [-0.39, 0.29) is 0 Å². The molecule has 3 rings (SSSR count). The predicted molar refractivity (Wildman–Crippen MR) is 86.9 cm³/mol. The van der Waals surface area contributed by atoms with Crippen molar-refractivity contribution in [3.8, 4) is 17.0 Å². The SMILES string of the molecule is CCCCCc1ncc2c(-c3ccccc3OC)[nH]nc2n1. The summed E-state index contributed by atoms with van der Waals surface area (Å²) < 4.78 is 5.42. The van der Waals surface area contributed by atoms with Gasteiger partial charge in [0.15, 0.2) is 5.65 Å². The lowest BCUT2D eigenvalue weighted by atomic mass is 10.1. The van der Waals surface area contributed by atoms with E-state index in [4.69, 9.17) is 4.74 Å². The number of unbranched alkanes of at least 4 members (excludes halogenated alkanes) is 2. The Hall–Kier alpha value is -2.43. The first-order chi connectivity index (χ1) is 10.8. The highest BCUT2D eigenvalue weighted by Crippen LogP contribution is 2.32. The Bertz CT molecular complexity index is 766. The number of aromatic amines is 1. The molecule has 0 radical (unpaired) electrons. The van der Waals surface area contributed by atoms with Crippen molar-refractivity contribution < 1.29 is 4.74 Å². The number of para-hydroxylation sites is 1. The van der Waals surface area contributed by atoms with E-state index in [0.717, 1.165) is 41.1 Å². The average Bonchev–Trinajstić information content (AvgIpc) is 2.98. The summed E-state index contributed by atoms with van der Waals surface area (Å²) in [6.07, 6.45) is 6.28. The van der Waals surface area contributed by atoms with E-state index in [2.05, 4.69) is 27.1 Å². The lowest BCUT2D eigenvalue weighted by Gasteiger charge is -2.06. The summed E-state index contributed by atoms with van der Waals surface area (Å²) >= 11 is 0. The van der Waals surface area contributed by atoms with Gasteiger partial charge in [0.05, 0.1) is 18.2 Å². The first-order valence-corrected chi connectivity index (χ1v) is 7.67. The fourth-order valence-corrected chi connectivity index (χ4v) is 2.55. The van der Waals surface area contributed by atoms with E-state index in [0.29, 0.717) is 5.65 Å². The molecule has 2 heterocycles. The largest absolute Gasteiger partial charge is 0.496 e. The molecule has 0 aliphatic rings. The van der Waals surface area contributed by atoms with Gasteiger partial charge in [-0.3, -0.25) is 5.10 Å². The molecule has 0 saturated heterocycles. The molecule has 5 heteroatoms. The van der Waals surface area contributed by atoms with Crippen LogP contribution < -0.4 is 4.74 Å². The van der Waals surface area contributed by atoms with Gasteiger partial charge in [-0.25, -0.2) is 9.97 Å². The minimum Gasteiger partial charge on any atom is -0.496 e. The van der Waals surface area contributed by atoms with Crippen LogP contribution in [-0.4, -0.2) is 27.3 Å². The van der Waals surface area contributed by atoms with Crippen LogP contribution in [0.2, 0.25) is 0 Å². The Kier molecular flexibility index (Phi) is 4.32. The minimum absolute atomic E-state index is 0.711. The van der Waals surface area contributed by atoms with Crippen LogP contribution in [0.15, 0.2) is 30.5 Å². The molecule has 22 heavy (non-hydrogen) atoms. The zero-order valence-corrected chi connectivity index (χ0v) is 13.0. The van der Waals surface area contributed by atoms with E-state index in [1.807, 2.05) is 30.5 Å². The number of benzene rings is 1. The highest BCUT2D eigenvalue weighted by Gasteiger charge is 2.13. The number of aromatic nitrogens is 4. The molecule has 5 nitrogen and oxygen atoms in total. The van der Waals surface area contributed by atoms with Gasteiger partial charge in [-0.1, -0.05) is 31.9 Å². The first kappa shape index (κ1) is 14.5. The Morgan fingerprint density at radius 3 is 2.86 bits per heavy atom. The van der Waals surface area contributed by atoms with Crippen molar-refractivity contribution in [3.05, 3.63) is 36.3 Å². The number of nitrogens with one attached hydrogen (secondary N) is 1. The smallest absolute Gasteiger partial charge is 0.184 e. The molecule has 0 aliphatic carbocycles. The van der Waals surface area contributed by atoms with Gasteiger partial charge in [-0.15, -0.1) is 0 Å². The third-order valence-corrected chi connectivity index (χ3v) is 3.74. The van der Waals surface area contributed by atoms with Gasteiger partial charge >= 0.3 is 0 Å². The highest BCUT2D eigenvalue weighted by molar-refractivity contribution is 5.91. The van der Waals surface area contributed by atoms with Gasteiger partial charge in [0.25, 0.3) is 0 Å². The average molecular weight is 296 g/mol. The molecule has 1 N–H and O–H groups in total. The number of nitrogens with zero attached hydrogens (tertiary/aromatic N) is 3. The molecule has 0 aliphatic heterocycles. The predicted octanol–water partition coefficient (Wildman–Crippen LogP) is 3.76. The van der Waals surface area contributed by atoms with Crippen LogP contribution in [-0.2, 0) is 6.42 Å². The summed E-state index contributed by atoms with van der Waals surface area (Å²) in [5.74, 6) is 1.67. The Morgan fingerprint density at radius 2 is 2.05 bits per heavy atom. The third-order valence-electron chi connectivity index (χ3n) is 3.74. The second kappa shape index (κ2) is 6.56. The van der Waals surface area contributed by atoms with Crippen LogP contribution in [0.3, 0.4) is 0 Å². The highest BCUT2D eigenvalue weighted by atomic mass is 16.5. The molecule has 0 bridgehead atoms. The molecule has 0 amide bonds. The minimum atomic E-state index is 0.711. The number of fused-ring (bicyclic) bond motifs is 1. The number of aryl methyl sites for hydroxylation is 1. The maximum atomic E-state index is 5.42. The van der Waals surface area contributed by atoms with Gasteiger partial charge in [0.1, 0.15) is 11.6 Å². The maximum Gasteiger partial charge on any atom is 0.184 e. The fourth-order valence-electron chi connectivity index (χ4n) is 2.55. The van der Waals surface area contributed by atoms with Crippen LogP contribution in [0.25, 0.3) is 22.3 Å². The second-order valence-corrected chi connectivity index (χ2v) is 5.28. The monoisotopic (exact) mass is 296 g/mol. The summed E-state index contributed by atoms with van der Waals surface area (Å²) in [5.41, 5.74) is 2.57. The summed E-state index contributed by atoms with van der Waals surface area (Å²) in [5, 5.41) is 8.31. The summed E-state index contributed by atoms with van der Waals surface area (Å²) in [4.78, 5) is 9.04. The van der Waals surface area contributed by atoms with Gasteiger partial charge in [-0.05, 0) is 18.6 Å². The van der Waals surface area contributed by atoms with Crippen molar-refractivity contribution in [2.75, 3.05) is 7.11 Å². The zero-order chi connectivity index (χ0) is 15.4. The van der Waals surface area contributed by atoms with Crippen molar-refractivity contribution in [3.63, 3.8) is 0 Å². The van der Waals surface area contributed by atoms with Crippen molar-refractivity contribution in [1.82, 2.24) is 20.2 Å². The third kappa shape index (κ3) is 2.79. The van der Waals surface area contributed by atoms with E-state index in [1.54, 1.807) is 7.11 Å². The topological polar surface area (TPSA) is 63.7 Å². The van der Waals surface area contributed by atoms with Crippen molar-refractivity contribution in [2.24, 2.45) is 0 Å². The van der Waals surface area contributed by atoms with Gasteiger partial charge in [0.2, 0.25) is 0 Å². The summed E-state index contributed by atoms with van der Waals surface area (Å²) in [6.45, 7) is 2.19. The maximum absolute atomic E-state index is 5.42. The lowest BCUT2D eigenvalue weighted by molar-refractivity contribution is 0.416. The van der Waals surface area contributed by atoms with E-state index < -0.39 is 0 Å². The quantitative estimate of drug-likeness (QED) is 0.703. The first-order valence-electron chi connectivity index (χ1n) is 7.67. The number of H-pyrrole nitrogens is 1. The summed E-state index contributed by atoms with van der Waals surface area (Å²) in [7, 11) is 1.67. The van der Waals surface area contributed by atoms with Crippen LogP contribution >= 0.6 is 0 Å². The van der Waals surface area contributed by atoms with E-state index in [1.165, 1.54) is 12.8 Å². The lowest BCUT2D eigenvalue weighted by Crippen LogP contribution is -1.95. The van der Waals surface area contributed by atoms with Crippen molar-refractivity contribution >= 4 is 11.0 Å². The molecule has 2 aromatic heterocycles. The molecule has 0 atom stereocenters. The van der Waals surface area contributed by atoms with Crippen LogP contribution in [0, 0.1) is 0 Å². The number of hydrogen-bond acceptors (Lipinski definition) is 4. The molecular formula is C17H20N4O. The normalized spacial score (nSPS) is 11.0. The molecule has 0 fully saturated rings. The molecule has 3 aromatic rings. The standard InChI is InChI=1S/C17H20N4O/c1-3-4-5-10-15-18-11-13-16(20-21-17(13)19-15)12-8-6-7-9-14(12)22-2/h6-9,11H,3-5,10H2,1-2H3,(H,18,19,20,21). The van der Waals surface area contributed by atoms with Crippen molar-refractivity contribution in [2.45, 2.75) is 32.6 Å². The van der Waals surface area contributed by atoms with Crippen LogP contribution in [0.4, 0.5) is 0 Å². The fraction of sp³-hybridized carbons (Fsp3) is 0.353.